The second-order valence-corrected chi connectivity index (χ2v) is 6.53. The normalized spacial score (nSPS) is 12.1. The largest absolute Gasteiger partial charge is 0.487 e. The molecule has 11 heteroatoms. The predicted molar refractivity (Wildman–Crippen MR) is 95.5 cm³/mol. The summed E-state index contributed by atoms with van der Waals surface area (Å²) in [5, 5.41) is 29.1. The molecule has 0 amide bonds. The molecule has 142 valence electrons. The first-order chi connectivity index (χ1) is 12.9. The minimum Gasteiger partial charge on any atom is -0.487 e. The van der Waals surface area contributed by atoms with Gasteiger partial charge in [-0.25, -0.2) is 0 Å². The lowest BCUT2D eigenvalue weighted by Gasteiger charge is -2.10. The predicted octanol–water partition coefficient (Wildman–Crippen LogP) is 2.66. The highest BCUT2D eigenvalue weighted by atomic mass is 35.5. The van der Waals surface area contributed by atoms with E-state index in [1.54, 1.807) is 35.1 Å². The standard InChI is InChI=1S/C16H17ClN6O4/c1-11(6-21-9-15(23(25)26)18-16(21)24)7-22-8-13(19-20-22)10-27-14-4-2-3-12(17)5-14/h2-5,8-9,11H,6-7,10H2,1H3,(H,18,24)/t11-/m0/s1. The van der Waals surface area contributed by atoms with Gasteiger partial charge in [-0.2, -0.15) is 0 Å². The fourth-order valence-corrected chi connectivity index (χ4v) is 2.72. The van der Waals surface area contributed by atoms with E-state index in [-0.39, 0.29) is 24.4 Å². The van der Waals surface area contributed by atoms with Gasteiger partial charge in [-0.05, 0) is 29.0 Å². The molecule has 1 atom stereocenters. The molecular weight excluding hydrogens is 376 g/mol. The molecule has 0 unspecified atom stereocenters. The molecule has 0 aliphatic carbocycles. The van der Waals surface area contributed by atoms with Crippen LogP contribution in [0.15, 0.2) is 36.7 Å². The third-order valence-electron chi connectivity index (χ3n) is 3.71. The number of aromatic hydroxyl groups is 1. The highest BCUT2D eigenvalue weighted by Gasteiger charge is 2.19. The molecule has 0 saturated carbocycles. The van der Waals surface area contributed by atoms with Gasteiger partial charge >= 0.3 is 11.8 Å². The smallest absolute Gasteiger partial charge is 0.411 e. The molecule has 1 aromatic carbocycles. The van der Waals surface area contributed by atoms with E-state index in [0.29, 0.717) is 29.6 Å². The fraction of sp³-hybridized carbons (Fsp3) is 0.312. The highest BCUT2D eigenvalue weighted by molar-refractivity contribution is 6.30. The van der Waals surface area contributed by atoms with E-state index in [4.69, 9.17) is 16.3 Å². The molecule has 0 aliphatic heterocycles. The molecule has 2 heterocycles. The molecule has 0 fully saturated rings. The molecule has 2 aromatic heterocycles. The van der Waals surface area contributed by atoms with Crippen LogP contribution < -0.4 is 4.74 Å². The van der Waals surface area contributed by atoms with Gasteiger partial charge in [-0.15, -0.1) is 5.10 Å². The summed E-state index contributed by atoms with van der Waals surface area (Å²) in [5.74, 6) is 0.275. The van der Waals surface area contributed by atoms with E-state index in [9.17, 15) is 15.2 Å². The van der Waals surface area contributed by atoms with Crippen molar-refractivity contribution < 1.29 is 14.8 Å². The number of halogens is 1. The first kappa shape index (κ1) is 18.6. The minimum absolute atomic E-state index is 0.0214. The number of hydrogen-bond donors (Lipinski definition) is 1. The zero-order chi connectivity index (χ0) is 19.4. The van der Waals surface area contributed by atoms with Crippen molar-refractivity contribution in [2.45, 2.75) is 26.6 Å². The molecule has 27 heavy (non-hydrogen) atoms. The molecule has 0 aliphatic rings. The van der Waals surface area contributed by atoms with Crippen molar-refractivity contribution in [2.24, 2.45) is 5.92 Å². The van der Waals surface area contributed by atoms with Crippen molar-refractivity contribution in [1.29, 1.82) is 0 Å². The summed E-state index contributed by atoms with van der Waals surface area (Å²) >= 11 is 5.91. The van der Waals surface area contributed by atoms with E-state index in [1.165, 1.54) is 10.8 Å². The minimum atomic E-state index is -0.648. The number of rotatable bonds is 8. The summed E-state index contributed by atoms with van der Waals surface area (Å²) in [7, 11) is 0. The maximum Gasteiger partial charge on any atom is 0.411 e. The van der Waals surface area contributed by atoms with Gasteiger partial charge in [0.25, 0.3) is 0 Å². The van der Waals surface area contributed by atoms with Crippen molar-refractivity contribution in [1.82, 2.24) is 24.5 Å². The number of benzene rings is 1. The summed E-state index contributed by atoms with van der Waals surface area (Å²) in [6, 6.07) is 6.69. The van der Waals surface area contributed by atoms with E-state index in [1.807, 2.05) is 6.92 Å². The SMILES string of the molecule is C[C@H](Cn1cc(COc2cccc(Cl)c2)nn1)Cn1cc([N+](=O)[O-])nc1O. The van der Waals surface area contributed by atoms with E-state index < -0.39 is 4.92 Å². The van der Waals surface area contributed by atoms with Gasteiger partial charge in [0.05, 0.1) is 6.20 Å². The van der Waals surface area contributed by atoms with Crippen LogP contribution in [-0.4, -0.2) is 34.6 Å². The Balaban J connectivity index is 1.54. The van der Waals surface area contributed by atoms with Crippen LogP contribution in [0.4, 0.5) is 5.82 Å². The van der Waals surface area contributed by atoms with Gasteiger partial charge < -0.3 is 20.0 Å². The maximum atomic E-state index is 10.7. The van der Waals surface area contributed by atoms with Crippen LogP contribution in [0, 0.1) is 16.0 Å². The van der Waals surface area contributed by atoms with Crippen LogP contribution in [0.3, 0.4) is 0 Å². The molecule has 3 aromatic rings. The lowest BCUT2D eigenvalue weighted by molar-refractivity contribution is -0.389. The van der Waals surface area contributed by atoms with Crippen molar-refractivity contribution in [3.05, 3.63) is 57.5 Å². The summed E-state index contributed by atoms with van der Waals surface area (Å²) in [4.78, 5) is 13.5. The van der Waals surface area contributed by atoms with Gasteiger partial charge in [-0.3, -0.25) is 9.25 Å². The van der Waals surface area contributed by atoms with Crippen molar-refractivity contribution in [3.8, 4) is 11.8 Å². The van der Waals surface area contributed by atoms with Crippen LogP contribution in [0.2, 0.25) is 5.02 Å². The fourth-order valence-electron chi connectivity index (χ4n) is 2.54. The Labute approximate surface area is 159 Å². The van der Waals surface area contributed by atoms with Crippen LogP contribution in [0.25, 0.3) is 0 Å². The van der Waals surface area contributed by atoms with E-state index in [0.717, 1.165) is 0 Å². The van der Waals surface area contributed by atoms with Gasteiger partial charge in [0.1, 0.15) is 24.2 Å². The first-order valence-electron chi connectivity index (χ1n) is 8.08. The zero-order valence-corrected chi connectivity index (χ0v) is 15.2. The third-order valence-corrected chi connectivity index (χ3v) is 3.94. The number of nitrogens with zero attached hydrogens (tertiary/aromatic N) is 6. The van der Waals surface area contributed by atoms with Crippen LogP contribution in [-0.2, 0) is 19.7 Å². The topological polar surface area (TPSA) is 121 Å². The van der Waals surface area contributed by atoms with Crippen molar-refractivity contribution >= 4 is 17.4 Å². The number of nitro groups is 1. The Morgan fingerprint density at radius 1 is 1.37 bits per heavy atom. The van der Waals surface area contributed by atoms with Crippen LogP contribution in [0.5, 0.6) is 11.8 Å². The zero-order valence-electron chi connectivity index (χ0n) is 14.4. The Hall–Kier alpha value is -3.14. The maximum absolute atomic E-state index is 10.7. The van der Waals surface area contributed by atoms with Crippen LogP contribution in [0.1, 0.15) is 12.6 Å². The summed E-state index contributed by atoms with van der Waals surface area (Å²) in [5.41, 5.74) is 0.656. The quantitative estimate of drug-likeness (QED) is 0.462. The Morgan fingerprint density at radius 2 is 2.19 bits per heavy atom. The second kappa shape index (κ2) is 8.04. The molecule has 3 rings (SSSR count). The molecule has 0 saturated heterocycles. The lowest BCUT2D eigenvalue weighted by Crippen LogP contribution is -2.14. The number of hydrogen-bond acceptors (Lipinski definition) is 7. The number of imidazole rings is 1. The van der Waals surface area contributed by atoms with Gasteiger partial charge in [0.15, 0.2) is 0 Å². The van der Waals surface area contributed by atoms with Gasteiger partial charge in [0, 0.05) is 23.1 Å². The molecule has 0 spiro atoms. The Bertz CT molecular complexity index is 941. The molecule has 1 N–H and O–H groups in total. The average molecular weight is 393 g/mol. The van der Waals surface area contributed by atoms with E-state index in [2.05, 4.69) is 15.3 Å². The molecule has 10 nitrogen and oxygen atoms in total. The molecule has 0 radical (unpaired) electrons. The Kier molecular flexibility index (Phi) is 5.55. The summed E-state index contributed by atoms with van der Waals surface area (Å²) in [6.07, 6.45) is 2.97. The van der Waals surface area contributed by atoms with Crippen molar-refractivity contribution in [3.63, 3.8) is 0 Å². The van der Waals surface area contributed by atoms with Crippen molar-refractivity contribution in [2.75, 3.05) is 0 Å². The average Bonchev–Trinajstić information content (AvgIpc) is 3.20. The van der Waals surface area contributed by atoms with Gasteiger partial charge in [0.2, 0.25) is 0 Å². The highest BCUT2D eigenvalue weighted by Crippen LogP contribution is 2.19. The second-order valence-electron chi connectivity index (χ2n) is 6.09. The lowest BCUT2D eigenvalue weighted by atomic mass is 10.2. The van der Waals surface area contributed by atoms with Crippen LogP contribution >= 0.6 is 11.6 Å². The van der Waals surface area contributed by atoms with E-state index >= 15 is 0 Å². The first-order valence-corrected chi connectivity index (χ1v) is 8.46. The van der Waals surface area contributed by atoms with Gasteiger partial charge in [-0.1, -0.05) is 29.8 Å². The Morgan fingerprint density at radius 3 is 2.89 bits per heavy atom. The summed E-state index contributed by atoms with van der Waals surface area (Å²) in [6.45, 7) is 3.04. The summed E-state index contributed by atoms with van der Waals surface area (Å²) < 4.78 is 8.61. The number of aromatic nitrogens is 5. The monoisotopic (exact) mass is 392 g/mol. The number of ether oxygens (including phenoxy) is 1. The molecular formula is C16H17ClN6O4. The molecule has 0 bridgehead atoms. The third kappa shape index (κ3) is 4.94.